The van der Waals surface area contributed by atoms with Crippen molar-refractivity contribution < 1.29 is 14.3 Å². The van der Waals surface area contributed by atoms with Gasteiger partial charge >= 0.3 is 11.9 Å². The fraction of sp³-hybridized carbons (Fsp3) is 0.875. The molecule has 1 saturated carbocycles. The van der Waals surface area contributed by atoms with Crippen molar-refractivity contribution in [1.82, 2.24) is 0 Å². The third kappa shape index (κ3) is 1.85. The minimum Gasteiger partial charge on any atom is -0.392 e. The van der Waals surface area contributed by atoms with Crippen LogP contribution in [0.5, 0.6) is 0 Å². The van der Waals surface area contributed by atoms with Gasteiger partial charge in [0.1, 0.15) is 0 Å². The Morgan fingerprint density at radius 1 is 1.11 bits per heavy atom. The minimum absolute atomic E-state index is 0.192. The molecule has 0 aromatic heterocycles. The lowest BCUT2D eigenvalue weighted by molar-refractivity contribution is -0.157. The fourth-order valence-electron chi connectivity index (χ4n) is 4.92. The molecule has 0 aromatic rings. The number of fused-ring (bicyclic) bond motifs is 1. The van der Waals surface area contributed by atoms with Crippen LogP contribution in [0.25, 0.3) is 0 Å². The first-order chi connectivity index (χ1) is 9.06. The highest BCUT2D eigenvalue weighted by atomic mass is 16.6. The van der Waals surface area contributed by atoms with Crippen LogP contribution in [0.2, 0.25) is 0 Å². The van der Waals surface area contributed by atoms with E-state index in [2.05, 4.69) is 20.8 Å². The average Bonchev–Trinajstić information content (AvgIpc) is 2.67. The molecule has 0 radical (unpaired) electrons. The smallest absolute Gasteiger partial charge is 0.320 e. The lowest BCUT2D eigenvalue weighted by Gasteiger charge is -2.49. The molecule has 1 aliphatic heterocycles. The molecule has 0 spiro atoms. The maximum absolute atomic E-state index is 12.4. The molecule has 19 heavy (non-hydrogen) atoms. The molecule has 5 atom stereocenters. The van der Waals surface area contributed by atoms with Crippen molar-refractivity contribution in [2.45, 2.75) is 59.8 Å². The summed E-state index contributed by atoms with van der Waals surface area (Å²) in [4.78, 5) is 24.4. The minimum atomic E-state index is -0.530. The number of hydrogen-bond donors (Lipinski definition) is 0. The van der Waals surface area contributed by atoms with Crippen LogP contribution in [-0.2, 0) is 14.3 Å². The molecule has 3 heteroatoms. The van der Waals surface area contributed by atoms with Gasteiger partial charge in [0.25, 0.3) is 0 Å². The van der Waals surface area contributed by atoms with Gasteiger partial charge in [-0.05, 0) is 30.6 Å². The molecule has 108 valence electrons. The van der Waals surface area contributed by atoms with Gasteiger partial charge in [0.05, 0.1) is 11.3 Å². The summed E-state index contributed by atoms with van der Waals surface area (Å²) < 4.78 is 5.04. The van der Waals surface area contributed by atoms with Crippen LogP contribution in [0, 0.1) is 29.1 Å². The molecule has 0 amide bonds. The Labute approximate surface area is 116 Å². The number of esters is 2. The molecule has 5 unspecified atom stereocenters. The summed E-state index contributed by atoms with van der Waals surface area (Å²) in [5.41, 5.74) is -0.530. The van der Waals surface area contributed by atoms with E-state index in [1.54, 1.807) is 0 Å². The van der Waals surface area contributed by atoms with Crippen molar-refractivity contribution in [2.24, 2.45) is 29.1 Å². The van der Waals surface area contributed by atoms with Gasteiger partial charge in [0, 0.05) is 0 Å². The number of carbonyl (C=O) groups excluding carboxylic acids is 2. The van der Waals surface area contributed by atoms with Gasteiger partial charge in [0.15, 0.2) is 0 Å². The number of hydrogen-bond acceptors (Lipinski definition) is 3. The first kappa shape index (κ1) is 14.5. The second-order valence-electron chi connectivity index (χ2n) is 6.15. The second kappa shape index (κ2) is 5.26. The quantitative estimate of drug-likeness (QED) is 0.577. The third-order valence-electron chi connectivity index (χ3n) is 5.82. The van der Waals surface area contributed by atoms with Crippen LogP contribution in [0.4, 0.5) is 0 Å². The highest BCUT2D eigenvalue weighted by Gasteiger charge is 2.64. The number of cyclic esters (lactones) is 2. The number of ether oxygens (including phenoxy) is 1. The van der Waals surface area contributed by atoms with Crippen LogP contribution in [0.15, 0.2) is 0 Å². The summed E-state index contributed by atoms with van der Waals surface area (Å²) >= 11 is 0. The lowest BCUT2D eigenvalue weighted by atomic mass is 9.51. The molecular weight excluding hydrogens is 240 g/mol. The zero-order valence-corrected chi connectivity index (χ0v) is 12.6. The molecule has 1 saturated heterocycles. The van der Waals surface area contributed by atoms with Crippen LogP contribution < -0.4 is 0 Å². The normalized spacial score (nSPS) is 42.1. The van der Waals surface area contributed by atoms with E-state index in [1.807, 2.05) is 6.92 Å². The van der Waals surface area contributed by atoms with E-state index in [4.69, 9.17) is 4.74 Å². The summed E-state index contributed by atoms with van der Waals surface area (Å²) in [5, 5.41) is 0. The van der Waals surface area contributed by atoms with E-state index >= 15 is 0 Å². The van der Waals surface area contributed by atoms with E-state index < -0.39 is 5.41 Å². The molecule has 2 fully saturated rings. The van der Waals surface area contributed by atoms with Gasteiger partial charge in [-0.15, -0.1) is 0 Å². The standard InChI is InChI=1S/C16H26O3/c1-5-10-9-13-14(17)19-15(18)16(13,8-4)12(7-3)11(10)6-2/h10-13H,5-9H2,1-4H3. The van der Waals surface area contributed by atoms with Gasteiger partial charge in [-0.3, -0.25) is 9.59 Å². The molecule has 2 rings (SSSR count). The number of rotatable bonds is 4. The Morgan fingerprint density at radius 3 is 2.26 bits per heavy atom. The molecule has 2 aliphatic rings. The lowest BCUT2D eigenvalue weighted by Crippen LogP contribution is -2.50. The van der Waals surface area contributed by atoms with Crippen molar-refractivity contribution >= 4 is 11.9 Å². The van der Waals surface area contributed by atoms with Crippen LogP contribution in [-0.4, -0.2) is 11.9 Å². The topological polar surface area (TPSA) is 43.4 Å². The van der Waals surface area contributed by atoms with Crippen molar-refractivity contribution in [2.75, 3.05) is 0 Å². The molecule has 3 nitrogen and oxygen atoms in total. The highest BCUT2D eigenvalue weighted by molar-refractivity contribution is 5.99. The SMILES string of the molecule is CCC1CC2C(=O)OC(=O)C2(CC)C(CC)C1CC. The van der Waals surface area contributed by atoms with E-state index in [0.717, 1.165) is 32.1 Å². The zero-order chi connectivity index (χ0) is 14.2. The number of carbonyl (C=O) groups is 2. The molecule has 0 N–H and O–H groups in total. The van der Waals surface area contributed by atoms with Crippen molar-refractivity contribution in [3.05, 3.63) is 0 Å². The Balaban J connectivity index is 2.47. The van der Waals surface area contributed by atoms with Crippen LogP contribution >= 0.6 is 0 Å². The summed E-state index contributed by atoms with van der Waals surface area (Å²) in [6.07, 6.45) is 4.71. The van der Waals surface area contributed by atoms with Crippen molar-refractivity contribution in [3.8, 4) is 0 Å². The largest absolute Gasteiger partial charge is 0.392 e. The third-order valence-corrected chi connectivity index (χ3v) is 5.82. The Hall–Kier alpha value is -0.860. The van der Waals surface area contributed by atoms with Crippen molar-refractivity contribution in [1.29, 1.82) is 0 Å². The fourth-order valence-corrected chi connectivity index (χ4v) is 4.92. The predicted molar refractivity (Wildman–Crippen MR) is 73.3 cm³/mol. The molecule has 0 aromatic carbocycles. The first-order valence-corrected chi connectivity index (χ1v) is 7.82. The van der Waals surface area contributed by atoms with Gasteiger partial charge in [-0.2, -0.15) is 0 Å². The summed E-state index contributed by atoms with van der Waals surface area (Å²) in [6, 6.07) is 0. The van der Waals surface area contributed by atoms with E-state index in [0.29, 0.717) is 17.8 Å². The first-order valence-electron chi connectivity index (χ1n) is 7.82. The maximum Gasteiger partial charge on any atom is 0.320 e. The Kier molecular flexibility index (Phi) is 4.03. The van der Waals surface area contributed by atoms with Crippen LogP contribution in [0.3, 0.4) is 0 Å². The van der Waals surface area contributed by atoms with Gasteiger partial charge in [-0.1, -0.05) is 47.0 Å². The zero-order valence-electron chi connectivity index (χ0n) is 12.6. The Morgan fingerprint density at radius 2 is 1.79 bits per heavy atom. The maximum atomic E-state index is 12.4. The molecular formula is C16H26O3. The van der Waals surface area contributed by atoms with E-state index in [1.165, 1.54) is 0 Å². The molecule has 0 bridgehead atoms. The van der Waals surface area contributed by atoms with E-state index in [9.17, 15) is 9.59 Å². The Bertz CT molecular complexity index is 376. The predicted octanol–water partition coefficient (Wildman–Crippen LogP) is 3.56. The average molecular weight is 266 g/mol. The summed E-state index contributed by atoms with van der Waals surface area (Å²) in [6.45, 7) is 8.59. The highest BCUT2D eigenvalue weighted by Crippen LogP contribution is 2.58. The van der Waals surface area contributed by atoms with Gasteiger partial charge < -0.3 is 4.74 Å². The van der Waals surface area contributed by atoms with E-state index in [-0.39, 0.29) is 17.9 Å². The van der Waals surface area contributed by atoms with Crippen molar-refractivity contribution in [3.63, 3.8) is 0 Å². The molecule has 1 heterocycles. The second-order valence-corrected chi connectivity index (χ2v) is 6.15. The van der Waals surface area contributed by atoms with Crippen LogP contribution in [0.1, 0.15) is 59.8 Å². The van der Waals surface area contributed by atoms with Gasteiger partial charge in [-0.25, -0.2) is 0 Å². The van der Waals surface area contributed by atoms with Gasteiger partial charge in [0.2, 0.25) is 0 Å². The monoisotopic (exact) mass is 266 g/mol. The molecule has 1 aliphatic carbocycles. The summed E-state index contributed by atoms with van der Waals surface area (Å²) in [5.74, 6) is 0.693. The summed E-state index contributed by atoms with van der Waals surface area (Å²) in [7, 11) is 0.